The van der Waals surface area contributed by atoms with Gasteiger partial charge >= 0.3 is 0 Å². The summed E-state index contributed by atoms with van der Waals surface area (Å²) in [5, 5.41) is 7.21. The molecular weight excluding hydrogens is 378 g/mol. The van der Waals surface area contributed by atoms with Gasteiger partial charge in [0.2, 0.25) is 5.91 Å². The molecular formula is C23H25N5O2. The van der Waals surface area contributed by atoms with Crippen molar-refractivity contribution in [1.82, 2.24) is 9.78 Å². The average Bonchev–Trinajstić information content (AvgIpc) is 3.21. The molecule has 0 radical (unpaired) electrons. The van der Waals surface area contributed by atoms with E-state index >= 15 is 0 Å². The van der Waals surface area contributed by atoms with Crippen LogP contribution in [0.4, 0.5) is 11.4 Å². The van der Waals surface area contributed by atoms with E-state index in [4.69, 9.17) is 5.73 Å². The fraction of sp³-hybridized carbons (Fsp3) is 0.261. The Bertz CT molecular complexity index is 1030. The maximum Gasteiger partial charge on any atom is 0.255 e. The van der Waals surface area contributed by atoms with Gasteiger partial charge in [-0.25, -0.2) is 4.68 Å². The van der Waals surface area contributed by atoms with Gasteiger partial charge in [0.25, 0.3) is 5.91 Å². The minimum absolute atomic E-state index is 0.0245. The molecule has 2 heterocycles. The number of anilines is 2. The van der Waals surface area contributed by atoms with Gasteiger partial charge in [-0.1, -0.05) is 0 Å². The van der Waals surface area contributed by atoms with Crippen LogP contribution in [0.2, 0.25) is 0 Å². The van der Waals surface area contributed by atoms with Crippen LogP contribution in [0.25, 0.3) is 5.69 Å². The summed E-state index contributed by atoms with van der Waals surface area (Å²) >= 11 is 0. The number of aryl methyl sites for hydroxylation is 1. The zero-order chi connectivity index (χ0) is 21.1. The first-order valence-corrected chi connectivity index (χ1v) is 10.1. The smallest absolute Gasteiger partial charge is 0.255 e. The Morgan fingerprint density at radius 2 is 1.63 bits per heavy atom. The molecule has 1 aliphatic rings. The molecule has 1 saturated heterocycles. The predicted octanol–water partition coefficient (Wildman–Crippen LogP) is 3.13. The molecule has 0 atom stereocenters. The summed E-state index contributed by atoms with van der Waals surface area (Å²) in [5.41, 5.74) is 9.79. The number of nitrogens with zero attached hydrogens (tertiary/aromatic N) is 3. The molecule has 0 saturated carbocycles. The van der Waals surface area contributed by atoms with E-state index in [0.29, 0.717) is 5.56 Å². The van der Waals surface area contributed by atoms with Crippen LogP contribution in [-0.2, 0) is 4.79 Å². The van der Waals surface area contributed by atoms with Gasteiger partial charge in [-0.2, -0.15) is 5.10 Å². The third-order valence-corrected chi connectivity index (χ3v) is 5.49. The van der Waals surface area contributed by atoms with Gasteiger partial charge in [0.15, 0.2) is 0 Å². The minimum atomic E-state index is -0.208. The number of carbonyl (C=O) groups excluding carboxylic acids is 2. The monoisotopic (exact) mass is 403 g/mol. The Balaban J connectivity index is 1.36. The van der Waals surface area contributed by atoms with Gasteiger partial charge in [0.1, 0.15) is 0 Å². The second-order valence-corrected chi connectivity index (χ2v) is 7.67. The fourth-order valence-corrected chi connectivity index (χ4v) is 3.70. The van der Waals surface area contributed by atoms with Crippen molar-refractivity contribution in [1.29, 1.82) is 0 Å². The molecule has 1 fully saturated rings. The van der Waals surface area contributed by atoms with Crippen molar-refractivity contribution in [3.63, 3.8) is 0 Å². The number of aromatic nitrogens is 2. The second-order valence-electron chi connectivity index (χ2n) is 7.67. The summed E-state index contributed by atoms with van der Waals surface area (Å²) in [4.78, 5) is 26.1. The van der Waals surface area contributed by atoms with E-state index < -0.39 is 0 Å². The minimum Gasteiger partial charge on any atom is -0.371 e. The largest absolute Gasteiger partial charge is 0.371 e. The van der Waals surface area contributed by atoms with Crippen molar-refractivity contribution >= 4 is 23.2 Å². The Kier molecular flexibility index (Phi) is 5.52. The normalized spacial score (nSPS) is 14.5. The summed E-state index contributed by atoms with van der Waals surface area (Å²) in [6, 6.07) is 15.1. The van der Waals surface area contributed by atoms with Gasteiger partial charge < -0.3 is 16.0 Å². The van der Waals surface area contributed by atoms with Crippen LogP contribution >= 0.6 is 0 Å². The van der Waals surface area contributed by atoms with Crippen molar-refractivity contribution in [3.8, 4) is 5.69 Å². The van der Waals surface area contributed by atoms with Crippen LogP contribution in [0.3, 0.4) is 0 Å². The first kappa shape index (κ1) is 19.7. The standard InChI is InChI=1S/C23H25N5O2/c1-16-14-25-28(15-16)21-6-2-18(3-7-21)23(30)26-19-4-8-20(9-5-19)27-12-10-17(11-13-27)22(24)29/h2-9,14-15,17H,10-13H2,1H3,(H2,24,29)(H,26,30). The third-order valence-electron chi connectivity index (χ3n) is 5.49. The highest BCUT2D eigenvalue weighted by Crippen LogP contribution is 2.24. The molecule has 2 amide bonds. The molecule has 0 aliphatic carbocycles. The van der Waals surface area contributed by atoms with Gasteiger partial charge in [0, 0.05) is 42.1 Å². The maximum absolute atomic E-state index is 12.6. The Morgan fingerprint density at radius 3 is 2.20 bits per heavy atom. The zero-order valence-corrected chi connectivity index (χ0v) is 16.9. The number of nitrogens with one attached hydrogen (secondary N) is 1. The summed E-state index contributed by atoms with van der Waals surface area (Å²) < 4.78 is 1.78. The van der Waals surface area contributed by atoms with Crippen LogP contribution in [0.1, 0.15) is 28.8 Å². The molecule has 0 spiro atoms. The maximum atomic E-state index is 12.6. The van der Waals surface area contributed by atoms with Crippen molar-refractivity contribution in [2.45, 2.75) is 19.8 Å². The number of piperidine rings is 1. The van der Waals surface area contributed by atoms with Crippen LogP contribution < -0.4 is 16.0 Å². The van der Waals surface area contributed by atoms with E-state index in [-0.39, 0.29) is 17.7 Å². The molecule has 0 bridgehead atoms. The second kappa shape index (κ2) is 8.41. The number of carbonyl (C=O) groups is 2. The van der Waals surface area contributed by atoms with E-state index in [9.17, 15) is 9.59 Å². The van der Waals surface area contributed by atoms with Gasteiger partial charge in [0.05, 0.1) is 11.9 Å². The highest BCUT2D eigenvalue weighted by atomic mass is 16.2. The van der Waals surface area contributed by atoms with E-state index in [1.54, 1.807) is 23.0 Å². The van der Waals surface area contributed by atoms with E-state index in [0.717, 1.165) is 48.6 Å². The number of hydrogen-bond donors (Lipinski definition) is 2. The number of amides is 2. The Labute approximate surface area is 175 Å². The lowest BCUT2D eigenvalue weighted by Gasteiger charge is -2.32. The first-order chi connectivity index (χ1) is 14.5. The summed E-state index contributed by atoms with van der Waals surface area (Å²) in [6.07, 6.45) is 5.29. The zero-order valence-electron chi connectivity index (χ0n) is 16.9. The fourth-order valence-electron chi connectivity index (χ4n) is 3.70. The summed E-state index contributed by atoms with van der Waals surface area (Å²) in [7, 11) is 0. The molecule has 4 rings (SSSR count). The lowest BCUT2D eigenvalue weighted by Crippen LogP contribution is -2.38. The summed E-state index contributed by atoms with van der Waals surface area (Å²) in [6.45, 7) is 3.60. The average molecular weight is 403 g/mol. The Hall–Kier alpha value is -3.61. The number of hydrogen-bond acceptors (Lipinski definition) is 4. The van der Waals surface area contributed by atoms with Crippen LogP contribution in [0.15, 0.2) is 60.9 Å². The summed E-state index contributed by atoms with van der Waals surface area (Å²) in [5.74, 6) is -0.391. The van der Waals surface area contributed by atoms with Gasteiger partial charge in [-0.15, -0.1) is 0 Å². The molecule has 1 aromatic heterocycles. The SMILES string of the molecule is Cc1cnn(-c2ccc(C(=O)Nc3ccc(N4CCC(C(N)=O)CC4)cc3)cc2)c1. The van der Waals surface area contributed by atoms with E-state index in [1.165, 1.54) is 0 Å². The van der Waals surface area contributed by atoms with Gasteiger partial charge in [-0.05, 0) is 73.9 Å². The Morgan fingerprint density at radius 1 is 1.00 bits per heavy atom. The van der Waals surface area contributed by atoms with Crippen LogP contribution in [-0.4, -0.2) is 34.7 Å². The molecule has 1 aliphatic heterocycles. The van der Waals surface area contributed by atoms with Crippen molar-refractivity contribution in [3.05, 3.63) is 72.1 Å². The number of rotatable bonds is 5. The van der Waals surface area contributed by atoms with E-state index in [2.05, 4.69) is 15.3 Å². The van der Waals surface area contributed by atoms with Crippen molar-refractivity contribution in [2.75, 3.05) is 23.3 Å². The topological polar surface area (TPSA) is 93.2 Å². The molecule has 3 aromatic rings. The number of primary amides is 1. The molecule has 7 nitrogen and oxygen atoms in total. The first-order valence-electron chi connectivity index (χ1n) is 10.1. The van der Waals surface area contributed by atoms with Crippen LogP contribution in [0, 0.1) is 12.8 Å². The van der Waals surface area contributed by atoms with Crippen LogP contribution in [0.5, 0.6) is 0 Å². The molecule has 30 heavy (non-hydrogen) atoms. The van der Waals surface area contributed by atoms with E-state index in [1.807, 2.05) is 49.5 Å². The number of benzene rings is 2. The quantitative estimate of drug-likeness (QED) is 0.684. The third kappa shape index (κ3) is 4.35. The molecule has 0 unspecified atom stereocenters. The molecule has 3 N–H and O–H groups in total. The lowest BCUT2D eigenvalue weighted by molar-refractivity contribution is -0.122. The predicted molar refractivity (Wildman–Crippen MR) is 117 cm³/mol. The molecule has 7 heteroatoms. The highest BCUT2D eigenvalue weighted by molar-refractivity contribution is 6.04. The highest BCUT2D eigenvalue weighted by Gasteiger charge is 2.23. The molecule has 154 valence electrons. The van der Waals surface area contributed by atoms with Crippen molar-refractivity contribution in [2.24, 2.45) is 11.7 Å². The lowest BCUT2D eigenvalue weighted by atomic mass is 9.96. The molecule has 2 aromatic carbocycles. The number of nitrogens with two attached hydrogens (primary N) is 1. The van der Waals surface area contributed by atoms with Crippen molar-refractivity contribution < 1.29 is 9.59 Å². The van der Waals surface area contributed by atoms with Gasteiger partial charge in [-0.3, -0.25) is 9.59 Å².